The Morgan fingerprint density at radius 1 is 1.47 bits per heavy atom. The SMILES string of the molecule is CCC1(C)CCN(Cc2cc(C(=O)O)oc2C)CC1. The van der Waals surface area contributed by atoms with E-state index in [1.807, 2.05) is 6.92 Å². The number of aryl methyl sites for hydroxylation is 1. The van der Waals surface area contributed by atoms with Gasteiger partial charge in [-0.05, 0) is 44.3 Å². The Morgan fingerprint density at radius 2 is 2.11 bits per heavy atom. The summed E-state index contributed by atoms with van der Waals surface area (Å²) in [6.07, 6.45) is 3.66. The summed E-state index contributed by atoms with van der Waals surface area (Å²) < 4.78 is 5.25. The van der Waals surface area contributed by atoms with Crippen molar-refractivity contribution in [1.82, 2.24) is 4.90 Å². The highest BCUT2D eigenvalue weighted by molar-refractivity contribution is 5.84. The van der Waals surface area contributed by atoms with Crippen LogP contribution in [0.4, 0.5) is 0 Å². The van der Waals surface area contributed by atoms with Crippen LogP contribution in [0, 0.1) is 12.3 Å². The van der Waals surface area contributed by atoms with Crippen LogP contribution in [-0.4, -0.2) is 29.1 Å². The van der Waals surface area contributed by atoms with Crippen LogP contribution in [0.5, 0.6) is 0 Å². The molecule has 0 saturated carbocycles. The second-order valence-electron chi connectivity index (χ2n) is 5.94. The molecule has 1 aliphatic rings. The molecule has 4 nitrogen and oxygen atoms in total. The number of carboxylic acids is 1. The van der Waals surface area contributed by atoms with Gasteiger partial charge in [0.05, 0.1) is 0 Å². The van der Waals surface area contributed by atoms with E-state index in [2.05, 4.69) is 18.7 Å². The molecule has 0 atom stereocenters. The third-order valence-corrected chi connectivity index (χ3v) is 4.54. The van der Waals surface area contributed by atoms with Gasteiger partial charge in [-0.15, -0.1) is 0 Å². The molecule has 4 heteroatoms. The van der Waals surface area contributed by atoms with Crippen molar-refractivity contribution in [3.8, 4) is 0 Å². The fourth-order valence-electron chi connectivity index (χ4n) is 2.63. The lowest BCUT2D eigenvalue weighted by molar-refractivity contribution is 0.0661. The topological polar surface area (TPSA) is 53.7 Å². The fraction of sp³-hybridized carbons (Fsp3) is 0.667. The van der Waals surface area contributed by atoms with Gasteiger partial charge in [0.25, 0.3) is 0 Å². The molecule has 1 aliphatic heterocycles. The van der Waals surface area contributed by atoms with Crippen LogP contribution in [0.25, 0.3) is 0 Å². The van der Waals surface area contributed by atoms with Crippen molar-refractivity contribution in [1.29, 1.82) is 0 Å². The minimum absolute atomic E-state index is 0.0444. The molecule has 1 aromatic rings. The highest BCUT2D eigenvalue weighted by Gasteiger charge is 2.28. The van der Waals surface area contributed by atoms with Crippen LogP contribution in [0.3, 0.4) is 0 Å². The zero-order valence-electron chi connectivity index (χ0n) is 12.0. The lowest BCUT2D eigenvalue weighted by Gasteiger charge is -2.38. The zero-order valence-corrected chi connectivity index (χ0v) is 12.0. The Hall–Kier alpha value is -1.29. The van der Waals surface area contributed by atoms with Crippen LogP contribution in [0.15, 0.2) is 10.5 Å². The second kappa shape index (κ2) is 5.37. The number of carbonyl (C=O) groups is 1. The molecule has 1 N–H and O–H groups in total. The third kappa shape index (κ3) is 3.18. The van der Waals surface area contributed by atoms with E-state index >= 15 is 0 Å². The molecule has 1 aromatic heterocycles. The number of nitrogens with zero attached hydrogens (tertiary/aromatic N) is 1. The Balaban J connectivity index is 1.98. The van der Waals surface area contributed by atoms with Crippen LogP contribution in [-0.2, 0) is 6.54 Å². The van der Waals surface area contributed by atoms with Crippen LogP contribution in [0.2, 0.25) is 0 Å². The third-order valence-electron chi connectivity index (χ3n) is 4.54. The van der Waals surface area contributed by atoms with Gasteiger partial charge >= 0.3 is 5.97 Å². The fourth-order valence-corrected chi connectivity index (χ4v) is 2.63. The minimum atomic E-state index is -0.994. The van der Waals surface area contributed by atoms with Crippen LogP contribution >= 0.6 is 0 Å². The number of aromatic carboxylic acids is 1. The molecule has 0 amide bonds. The summed E-state index contributed by atoms with van der Waals surface area (Å²) in [5.41, 5.74) is 1.48. The van der Waals surface area contributed by atoms with E-state index in [-0.39, 0.29) is 5.76 Å². The molecule has 0 aromatic carbocycles. The smallest absolute Gasteiger partial charge is 0.371 e. The molecule has 106 valence electrons. The van der Waals surface area contributed by atoms with Gasteiger partial charge in [0.1, 0.15) is 5.76 Å². The summed E-state index contributed by atoms with van der Waals surface area (Å²) in [7, 11) is 0. The van der Waals surface area contributed by atoms with E-state index in [1.54, 1.807) is 6.07 Å². The van der Waals surface area contributed by atoms with Crippen molar-refractivity contribution in [3.63, 3.8) is 0 Å². The molecule has 0 radical (unpaired) electrons. The number of hydrogen-bond donors (Lipinski definition) is 1. The Morgan fingerprint density at radius 3 is 2.58 bits per heavy atom. The molecular formula is C15H23NO3. The Labute approximate surface area is 114 Å². The van der Waals surface area contributed by atoms with E-state index in [9.17, 15) is 4.79 Å². The van der Waals surface area contributed by atoms with Gasteiger partial charge in [-0.3, -0.25) is 4.90 Å². The van der Waals surface area contributed by atoms with E-state index < -0.39 is 5.97 Å². The van der Waals surface area contributed by atoms with Gasteiger partial charge in [0, 0.05) is 12.1 Å². The first-order valence-electron chi connectivity index (χ1n) is 6.98. The minimum Gasteiger partial charge on any atom is -0.475 e. The normalized spacial score (nSPS) is 19.5. The second-order valence-corrected chi connectivity index (χ2v) is 5.94. The Kier molecular flexibility index (Phi) is 3.99. The lowest BCUT2D eigenvalue weighted by atomic mass is 9.78. The number of hydrogen-bond acceptors (Lipinski definition) is 3. The number of furan rings is 1. The predicted molar refractivity (Wildman–Crippen MR) is 73.3 cm³/mol. The average molecular weight is 265 g/mol. The molecule has 19 heavy (non-hydrogen) atoms. The van der Waals surface area contributed by atoms with Crippen molar-refractivity contribution in [2.75, 3.05) is 13.1 Å². The average Bonchev–Trinajstić information content (AvgIpc) is 2.74. The summed E-state index contributed by atoms with van der Waals surface area (Å²) in [6.45, 7) is 9.41. The van der Waals surface area contributed by atoms with E-state index in [0.29, 0.717) is 5.41 Å². The molecule has 0 aliphatic carbocycles. The monoisotopic (exact) mass is 265 g/mol. The quantitative estimate of drug-likeness (QED) is 0.907. The first-order valence-corrected chi connectivity index (χ1v) is 6.98. The predicted octanol–water partition coefficient (Wildman–Crippen LogP) is 3.30. The van der Waals surface area contributed by atoms with Gasteiger partial charge in [-0.1, -0.05) is 20.3 Å². The molecule has 2 rings (SSSR count). The highest BCUT2D eigenvalue weighted by Crippen LogP contribution is 2.34. The van der Waals surface area contributed by atoms with Crippen molar-refractivity contribution in [3.05, 3.63) is 23.2 Å². The first kappa shape index (κ1) is 14.1. The van der Waals surface area contributed by atoms with Crippen molar-refractivity contribution < 1.29 is 14.3 Å². The maximum atomic E-state index is 10.9. The van der Waals surface area contributed by atoms with Crippen LogP contribution < -0.4 is 0 Å². The molecule has 2 heterocycles. The van der Waals surface area contributed by atoms with Crippen molar-refractivity contribution >= 4 is 5.97 Å². The number of rotatable bonds is 4. The molecule has 1 fully saturated rings. The first-order chi connectivity index (χ1) is 8.93. The molecular weight excluding hydrogens is 242 g/mol. The molecule has 0 bridgehead atoms. The molecule has 1 saturated heterocycles. The zero-order chi connectivity index (χ0) is 14.0. The van der Waals surface area contributed by atoms with Crippen molar-refractivity contribution in [2.45, 2.75) is 46.6 Å². The van der Waals surface area contributed by atoms with E-state index in [4.69, 9.17) is 9.52 Å². The highest BCUT2D eigenvalue weighted by atomic mass is 16.4. The largest absolute Gasteiger partial charge is 0.475 e. The van der Waals surface area contributed by atoms with E-state index in [0.717, 1.165) is 31.0 Å². The summed E-state index contributed by atoms with van der Waals surface area (Å²) in [5.74, 6) is -0.226. The standard InChI is InChI=1S/C15H23NO3/c1-4-15(3)5-7-16(8-6-15)10-12-9-13(14(17)18)19-11(12)2/h9H,4-8,10H2,1-3H3,(H,17,18). The van der Waals surface area contributed by atoms with Gasteiger partial charge in [0.2, 0.25) is 5.76 Å². The Bertz CT molecular complexity index is 456. The summed E-state index contributed by atoms with van der Waals surface area (Å²) in [4.78, 5) is 13.3. The van der Waals surface area contributed by atoms with Gasteiger partial charge in [0.15, 0.2) is 0 Å². The van der Waals surface area contributed by atoms with Crippen molar-refractivity contribution in [2.24, 2.45) is 5.41 Å². The number of likely N-dealkylation sites (tertiary alicyclic amines) is 1. The lowest BCUT2D eigenvalue weighted by Crippen LogP contribution is -2.37. The summed E-state index contributed by atoms with van der Waals surface area (Å²) in [6, 6.07) is 1.66. The van der Waals surface area contributed by atoms with E-state index in [1.165, 1.54) is 19.3 Å². The maximum Gasteiger partial charge on any atom is 0.371 e. The van der Waals surface area contributed by atoms with Gasteiger partial charge in [-0.25, -0.2) is 4.79 Å². The number of piperidine rings is 1. The number of carboxylic acid groups (broad SMARTS) is 1. The van der Waals surface area contributed by atoms with Gasteiger partial charge in [-0.2, -0.15) is 0 Å². The molecule has 0 unspecified atom stereocenters. The van der Waals surface area contributed by atoms with Crippen LogP contribution in [0.1, 0.15) is 55.0 Å². The summed E-state index contributed by atoms with van der Waals surface area (Å²) >= 11 is 0. The van der Waals surface area contributed by atoms with Gasteiger partial charge < -0.3 is 9.52 Å². The maximum absolute atomic E-state index is 10.9. The summed E-state index contributed by atoms with van der Waals surface area (Å²) in [5, 5.41) is 8.92. The molecule has 0 spiro atoms.